The first-order valence-electron chi connectivity index (χ1n) is 8.97. The molecule has 2 amide bonds. The molecule has 0 radical (unpaired) electrons. The molecule has 0 saturated heterocycles. The fourth-order valence-electron chi connectivity index (χ4n) is 2.59. The maximum absolute atomic E-state index is 12.4. The first-order chi connectivity index (χ1) is 13.3. The molecule has 4 N–H and O–H groups in total. The van der Waals surface area contributed by atoms with Crippen LogP contribution in [0.25, 0.3) is 0 Å². The van der Waals surface area contributed by atoms with Crippen molar-refractivity contribution in [2.24, 2.45) is 5.92 Å². The number of hydrogen-bond acceptors (Lipinski definition) is 5. The van der Waals surface area contributed by atoms with Crippen LogP contribution in [0.2, 0.25) is 0 Å². The van der Waals surface area contributed by atoms with Gasteiger partial charge in [0.2, 0.25) is 11.8 Å². The Hall–Kier alpha value is -2.84. The number of nitrogens with one attached hydrogen (secondary N) is 2. The van der Waals surface area contributed by atoms with Gasteiger partial charge in [-0.3, -0.25) is 9.59 Å². The first kappa shape index (κ1) is 21.5. The Balaban J connectivity index is 1.99. The Bertz CT molecular complexity index is 810. The van der Waals surface area contributed by atoms with E-state index in [0.717, 1.165) is 11.1 Å². The van der Waals surface area contributed by atoms with Crippen LogP contribution >= 0.6 is 0 Å². The third kappa shape index (κ3) is 6.11. The molecule has 7 nitrogen and oxygen atoms in total. The number of methoxy groups -OCH3 is 1. The summed E-state index contributed by atoms with van der Waals surface area (Å²) in [6.45, 7) is 3.41. The second-order valence-electron chi connectivity index (χ2n) is 6.66. The number of anilines is 1. The normalized spacial score (nSPS) is 12.6. The van der Waals surface area contributed by atoms with E-state index in [4.69, 9.17) is 4.74 Å². The van der Waals surface area contributed by atoms with Crippen molar-refractivity contribution in [3.63, 3.8) is 0 Å². The second-order valence-corrected chi connectivity index (χ2v) is 6.66. The quantitative estimate of drug-likeness (QED) is 0.406. The SMILES string of the molecule is COc1cccc(NC(=O)C(C)C(=O)N[C@@H](Cc2ccc(C)cc2)B(O)O)c1. The molecule has 0 aromatic heterocycles. The Morgan fingerprint density at radius 3 is 2.39 bits per heavy atom. The van der Waals surface area contributed by atoms with Gasteiger partial charge in [-0.1, -0.05) is 35.9 Å². The largest absolute Gasteiger partial charge is 0.497 e. The van der Waals surface area contributed by atoms with Crippen LogP contribution < -0.4 is 15.4 Å². The van der Waals surface area contributed by atoms with E-state index >= 15 is 0 Å². The van der Waals surface area contributed by atoms with Crippen molar-refractivity contribution in [2.45, 2.75) is 26.2 Å². The van der Waals surface area contributed by atoms with E-state index in [1.165, 1.54) is 14.0 Å². The van der Waals surface area contributed by atoms with Crippen molar-refractivity contribution in [1.82, 2.24) is 5.32 Å². The number of hydrogen-bond donors (Lipinski definition) is 4. The molecule has 2 rings (SSSR count). The fraction of sp³-hybridized carbons (Fsp3) is 0.300. The van der Waals surface area contributed by atoms with Gasteiger partial charge in [0.1, 0.15) is 11.7 Å². The average Bonchev–Trinajstić information content (AvgIpc) is 2.68. The van der Waals surface area contributed by atoms with Crippen molar-refractivity contribution in [1.29, 1.82) is 0 Å². The minimum atomic E-state index is -1.75. The topological polar surface area (TPSA) is 108 Å². The van der Waals surface area contributed by atoms with Crippen LogP contribution in [0, 0.1) is 12.8 Å². The Morgan fingerprint density at radius 2 is 1.79 bits per heavy atom. The molecule has 0 bridgehead atoms. The molecule has 0 aliphatic carbocycles. The molecule has 0 heterocycles. The predicted octanol–water partition coefficient (Wildman–Crippen LogP) is 1.32. The van der Waals surface area contributed by atoms with E-state index in [1.54, 1.807) is 24.3 Å². The van der Waals surface area contributed by atoms with Gasteiger partial charge in [-0.05, 0) is 38.0 Å². The van der Waals surface area contributed by atoms with E-state index in [0.29, 0.717) is 11.4 Å². The number of aryl methyl sites for hydroxylation is 1. The summed E-state index contributed by atoms with van der Waals surface area (Å²) < 4.78 is 5.10. The zero-order chi connectivity index (χ0) is 20.7. The third-order valence-electron chi connectivity index (χ3n) is 4.39. The highest BCUT2D eigenvalue weighted by atomic mass is 16.5. The summed E-state index contributed by atoms with van der Waals surface area (Å²) in [5, 5.41) is 24.4. The van der Waals surface area contributed by atoms with E-state index in [1.807, 2.05) is 31.2 Å². The molecule has 0 saturated carbocycles. The van der Waals surface area contributed by atoms with Gasteiger partial charge in [0.05, 0.1) is 13.1 Å². The zero-order valence-corrected chi connectivity index (χ0v) is 16.2. The summed E-state index contributed by atoms with van der Waals surface area (Å²) in [6, 6.07) is 14.3. The van der Waals surface area contributed by atoms with Gasteiger partial charge < -0.3 is 25.4 Å². The van der Waals surface area contributed by atoms with Gasteiger partial charge >= 0.3 is 7.12 Å². The maximum Gasteiger partial charge on any atom is 0.475 e. The van der Waals surface area contributed by atoms with Crippen molar-refractivity contribution in [3.8, 4) is 5.75 Å². The number of benzene rings is 2. The smallest absolute Gasteiger partial charge is 0.475 e. The van der Waals surface area contributed by atoms with Crippen molar-refractivity contribution >= 4 is 24.6 Å². The Kier molecular flexibility index (Phi) is 7.60. The summed E-state index contributed by atoms with van der Waals surface area (Å²) >= 11 is 0. The van der Waals surface area contributed by atoms with E-state index in [-0.39, 0.29) is 6.42 Å². The van der Waals surface area contributed by atoms with Crippen molar-refractivity contribution in [2.75, 3.05) is 12.4 Å². The zero-order valence-electron chi connectivity index (χ0n) is 16.2. The molecule has 0 fully saturated rings. The molecule has 0 aliphatic heterocycles. The summed E-state index contributed by atoms with van der Waals surface area (Å²) in [4.78, 5) is 24.8. The Morgan fingerprint density at radius 1 is 1.11 bits per heavy atom. The molecule has 2 atom stereocenters. The van der Waals surface area contributed by atoms with E-state index in [9.17, 15) is 19.6 Å². The molecule has 1 unspecified atom stereocenters. The van der Waals surface area contributed by atoms with Gasteiger partial charge in [0.15, 0.2) is 0 Å². The van der Waals surface area contributed by atoms with Gasteiger partial charge in [0.25, 0.3) is 0 Å². The van der Waals surface area contributed by atoms with Crippen LogP contribution in [0.3, 0.4) is 0 Å². The van der Waals surface area contributed by atoms with Crippen LogP contribution in [-0.2, 0) is 16.0 Å². The lowest BCUT2D eigenvalue weighted by molar-refractivity contribution is -0.132. The molecule has 0 aliphatic rings. The van der Waals surface area contributed by atoms with Gasteiger partial charge in [-0.25, -0.2) is 0 Å². The first-order valence-corrected chi connectivity index (χ1v) is 8.97. The molecular formula is C20H25BN2O5. The highest BCUT2D eigenvalue weighted by Gasteiger charge is 2.29. The highest BCUT2D eigenvalue weighted by molar-refractivity contribution is 6.43. The molecule has 0 spiro atoms. The molecule has 2 aromatic carbocycles. The monoisotopic (exact) mass is 384 g/mol. The molecule has 8 heteroatoms. The van der Waals surface area contributed by atoms with Gasteiger partial charge in [-0.15, -0.1) is 0 Å². The lowest BCUT2D eigenvalue weighted by Crippen LogP contribution is -2.50. The fourth-order valence-corrected chi connectivity index (χ4v) is 2.59. The minimum absolute atomic E-state index is 0.230. The number of carbonyl (C=O) groups is 2. The van der Waals surface area contributed by atoms with Gasteiger partial charge in [0, 0.05) is 11.8 Å². The molecule has 28 heavy (non-hydrogen) atoms. The van der Waals surface area contributed by atoms with Crippen molar-refractivity contribution < 1.29 is 24.4 Å². The highest BCUT2D eigenvalue weighted by Crippen LogP contribution is 2.17. The lowest BCUT2D eigenvalue weighted by Gasteiger charge is -2.20. The van der Waals surface area contributed by atoms with Crippen LogP contribution in [0.4, 0.5) is 5.69 Å². The lowest BCUT2D eigenvalue weighted by atomic mass is 9.75. The molecule has 2 aromatic rings. The number of ether oxygens (including phenoxy) is 1. The summed E-state index contributed by atoms with van der Waals surface area (Å²) in [7, 11) is -0.232. The van der Waals surface area contributed by atoms with Crippen LogP contribution in [-0.4, -0.2) is 42.0 Å². The van der Waals surface area contributed by atoms with Crippen molar-refractivity contribution in [3.05, 3.63) is 59.7 Å². The van der Waals surface area contributed by atoms with E-state index < -0.39 is 30.8 Å². The number of carbonyl (C=O) groups excluding carboxylic acids is 2. The van der Waals surface area contributed by atoms with Crippen LogP contribution in [0.5, 0.6) is 5.75 Å². The molecule has 148 valence electrons. The maximum atomic E-state index is 12.4. The van der Waals surface area contributed by atoms with E-state index in [2.05, 4.69) is 10.6 Å². The summed E-state index contributed by atoms with van der Waals surface area (Å²) in [6.07, 6.45) is 0.230. The Labute approximate surface area is 164 Å². The standard InChI is InChI=1S/C20H25BN2O5/c1-13-7-9-15(10-8-13)11-18(21(26)27)23-20(25)14(2)19(24)22-16-5-4-6-17(12-16)28-3/h4-10,12,14,18,26-27H,11H2,1-3H3,(H,22,24)(H,23,25)/t14?,18-/m0/s1. The average molecular weight is 384 g/mol. The van der Waals surface area contributed by atoms with Gasteiger partial charge in [-0.2, -0.15) is 0 Å². The number of amides is 2. The van der Waals surface area contributed by atoms with Crippen LogP contribution in [0.15, 0.2) is 48.5 Å². The second kappa shape index (κ2) is 9.91. The minimum Gasteiger partial charge on any atom is -0.497 e. The molecular weight excluding hydrogens is 359 g/mol. The van der Waals surface area contributed by atoms with Crippen LogP contribution in [0.1, 0.15) is 18.1 Å². The summed E-state index contributed by atoms with van der Waals surface area (Å²) in [5.41, 5.74) is 2.43. The third-order valence-corrected chi connectivity index (χ3v) is 4.39. The number of rotatable bonds is 8. The summed E-state index contributed by atoms with van der Waals surface area (Å²) in [5.74, 6) is -2.47. The predicted molar refractivity (Wildman–Crippen MR) is 108 cm³/mol.